The Morgan fingerprint density at radius 2 is 2.15 bits per heavy atom. The molecule has 0 saturated carbocycles. The highest BCUT2D eigenvalue weighted by molar-refractivity contribution is 7.19. The lowest BCUT2D eigenvalue weighted by Gasteiger charge is -2.31. The van der Waals surface area contributed by atoms with Crippen molar-refractivity contribution >= 4 is 27.4 Å². The first kappa shape index (κ1) is 12.5. The normalized spacial score (nSPS) is 22.5. The molecule has 3 heterocycles. The molecule has 106 valence electrons. The summed E-state index contributed by atoms with van der Waals surface area (Å²) >= 11 is 1.84. The Balaban J connectivity index is 1.88. The van der Waals surface area contributed by atoms with Crippen molar-refractivity contribution in [1.82, 2.24) is 9.97 Å². The van der Waals surface area contributed by atoms with Crippen LogP contribution in [-0.4, -0.2) is 34.3 Å². The van der Waals surface area contributed by atoms with Crippen molar-refractivity contribution in [2.75, 3.05) is 18.0 Å². The van der Waals surface area contributed by atoms with Crippen LogP contribution in [0.15, 0.2) is 0 Å². The van der Waals surface area contributed by atoms with E-state index in [2.05, 4.69) is 9.88 Å². The van der Waals surface area contributed by atoms with E-state index in [9.17, 15) is 5.11 Å². The van der Waals surface area contributed by atoms with Gasteiger partial charge in [0.05, 0.1) is 11.5 Å². The lowest BCUT2D eigenvalue weighted by molar-refractivity contribution is 0.154. The second-order valence-corrected chi connectivity index (χ2v) is 6.96. The highest BCUT2D eigenvalue weighted by Gasteiger charge is 2.26. The molecule has 2 aliphatic rings. The molecule has 0 bridgehead atoms. The van der Waals surface area contributed by atoms with Crippen molar-refractivity contribution in [3.8, 4) is 0 Å². The Morgan fingerprint density at radius 1 is 1.25 bits per heavy atom. The maximum Gasteiger partial charge on any atom is 0.141 e. The van der Waals surface area contributed by atoms with Gasteiger partial charge in [0.2, 0.25) is 0 Å². The van der Waals surface area contributed by atoms with Crippen LogP contribution in [0.3, 0.4) is 0 Å². The molecule has 1 aliphatic heterocycles. The van der Waals surface area contributed by atoms with Gasteiger partial charge in [-0.2, -0.15) is 0 Å². The summed E-state index contributed by atoms with van der Waals surface area (Å²) in [5.74, 6) is 1.90. The van der Waals surface area contributed by atoms with E-state index >= 15 is 0 Å². The fourth-order valence-corrected chi connectivity index (χ4v) is 4.76. The molecule has 4 nitrogen and oxygen atoms in total. The summed E-state index contributed by atoms with van der Waals surface area (Å²) in [6.45, 7) is 3.66. The molecule has 0 aromatic carbocycles. The topological polar surface area (TPSA) is 49.2 Å². The summed E-state index contributed by atoms with van der Waals surface area (Å²) < 4.78 is 0. The SMILES string of the molecule is Cc1nc(N2CCC[C@H](O)C2)c2c3c(sc2n1)CCC3. The van der Waals surface area contributed by atoms with Gasteiger partial charge in [-0.1, -0.05) is 0 Å². The molecule has 0 amide bonds. The number of hydrogen-bond acceptors (Lipinski definition) is 5. The maximum atomic E-state index is 9.94. The summed E-state index contributed by atoms with van der Waals surface area (Å²) in [6, 6.07) is 0. The Labute approximate surface area is 122 Å². The number of aliphatic hydroxyl groups excluding tert-OH is 1. The molecule has 2 aromatic heterocycles. The van der Waals surface area contributed by atoms with E-state index in [4.69, 9.17) is 4.98 Å². The van der Waals surface area contributed by atoms with Crippen LogP contribution in [0.2, 0.25) is 0 Å². The summed E-state index contributed by atoms with van der Waals surface area (Å²) in [7, 11) is 0. The minimum atomic E-state index is -0.222. The number of piperidine rings is 1. The number of nitrogens with zero attached hydrogens (tertiary/aromatic N) is 3. The first-order valence-corrected chi connectivity index (χ1v) is 8.26. The van der Waals surface area contributed by atoms with Crippen molar-refractivity contribution in [3.63, 3.8) is 0 Å². The van der Waals surface area contributed by atoms with Crippen LogP contribution in [0.5, 0.6) is 0 Å². The number of aryl methyl sites for hydroxylation is 3. The van der Waals surface area contributed by atoms with Gasteiger partial charge in [-0.15, -0.1) is 11.3 Å². The molecule has 1 aliphatic carbocycles. The molecule has 0 radical (unpaired) electrons. The summed E-state index contributed by atoms with van der Waals surface area (Å²) in [6.07, 6.45) is 5.33. The van der Waals surface area contributed by atoms with Crippen LogP contribution < -0.4 is 4.90 Å². The predicted molar refractivity (Wildman–Crippen MR) is 81.6 cm³/mol. The molecule has 20 heavy (non-hydrogen) atoms. The third-order valence-electron chi connectivity index (χ3n) is 4.35. The number of aliphatic hydroxyl groups is 1. The minimum Gasteiger partial charge on any atom is -0.391 e. The number of hydrogen-bond donors (Lipinski definition) is 1. The molecule has 1 N–H and O–H groups in total. The fraction of sp³-hybridized carbons (Fsp3) is 0.600. The maximum absolute atomic E-state index is 9.94. The van der Waals surface area contributed by atoms with Crippen molar-refractivity contribution in [2.45, 2.75) is 45.1 Å². The molecule has 0 unspecified atom stereocenters. The molecule has 1 fully saturated rings. The van der Waals surface area contributed by atoms with Crippen molar-refractivity contribution < 1.29 is 5.11 Å². The van der Waals surface area contributed by atoms with Crippen molar-refractivity contribution in [3.05, 3.63) is 16.3 Å². The number of fused-ring (bicyclic) bond motifs is 3. The largest absolute Gasteiger partial charge is 0.391 e. The third kappa shape index (κ3) is 1.91. The first-order chi connectivity index (χ1) is 9.72. The molecule has 4 rings (SSSR count). The average molecular weight is 289 g/mol. The molecule has 2 aromatic rings. The molecule has 0 spiro atoms. The summed E-state index contributed by atoms with van der Waals surface area (Å²) in [4.78, 5) is 14.2. The zero-order valence-electron chi connectivity index (χ0n) is 11.7. The third-order valence-corrected chi connectivity index (χ3v) is 5.54. The summed E-state index contributed by atoms with van der Waals surface area (Å²) in [5.41, 5.74) is 1.47. The van der Waals surface area contributed by atoms with Crippen LogP contribution in [0.4, 0.5) is 5.82 Å². The number of anilines is 1. The van der Waals surface area contributed by atoms with Gasteiger partial charge in [0, 0.05) is 18.0 Å². The Bertz CT molecular complexity index is 667. The van der Waals surface area contributed by atoms with E-state index in [1.807, 2.05) is 18.3 Å². The van der Waals surface area contributed by atoms with Gasteiger partial charge < -0.3 is 10.0 Å². The second-order valence-electron chi connectivity index (χ2n) is 5.87. The van der Waals surface area contributed by atoms with E-state index in [0.717, 1.165) is 42.3 Å². The van der Waals surface area contributed by atoms with E-state index in [0.29, 0.717) is 6.54 Å². The van der Waals surface area contributed by atoms with Crippen LogP contribution in [-0.2, 0) is 12.8 Å². The Hall–Kier alpha value is -1.20. The van der Waals surface area contributed by atoms with E-state index in [1.165, 1.54) is 28.7 Å². The highest BCUT2D eigenvalue weighted by Crippen LogP contribution is 2.40. The lowest BCUT2D eigenvalue weighted by atomic mass is 10.1. The minimum absolute atomic E-state index is 0.222. The Kier molecular flexibility index (Phi) is 2.93. The zero-order valence-corrected chi connectivity index (χ0v) is 12.5. The smallest absolute Gasteiger partial charge is 0.141 e. The van der Waals surface area contributed by atoms with E-state index in [1.54, 1.807) is 0 Å². The number of aromatic nitrogens is 2. The second kappa shape index (κ2) is 4.67. The van der Waals surface area contributed by atoms with E-state index < -0.39 is 0 Å². The zero-order chi connectivity index (χ0) is 13.7. The van der Waals surface area contributed by atoms with Crippen LogP contribution in [0.1, 0.15) is 35.5 Å². The molecular weight excluding hydrogens is 270 g/mol. The van der Waals surface area contributed by atoms with Gasteiger partial charge in [0.25, 0.3) is 0 Å². The van der Waals surface area contributed by atoms with Crippen LogP contribution in [0, 0.1) is 6.92 Å². The molecular formula is C15H19N3OS. The molecule has 5 heteroatoms. The summed E-state index contributed by atoms with van der Waals surface area (Å²) in [5, 5.41) is 11.2. The van der Waals surface area contributed by atoms with Crippen LogP contribution in [0.25, 0.3) is 10.2 Å². The average Bonchev–Trinajstić information content (AvgIpc) is 2.97. The predicted octanol–water partition coefficient (Wildman–Crippen LogP) is 2.45. The fourth-order valence-electron chi connectivity index (χ4n) is 3.46. The number of β-amino-alcohol motifs (C(OH)–C–C–N with tert-alkyl or cyclic N) is 1. The Morgan fingerprint density at radius 3 is 3.00 bits per heavy atom. The standard InChI is InChI=1S/C15H19N3OS/c1-9-16-14(18-7-3-4-10(19)8-18)13-11-5-2-6-12(11)20-15(13)17-9/h10,19H,2-8H2,1H3/t10-/m0/s1. The van der Waals surface area contributed by atoms with Gasteiger partial charge in [0.15, 0.2) is 0 Å². The first-order valence-electron chi connectivity index (χ1n) is 7.44. The molecule has 1 atom stereocenters. The number of rotatable bonds is 1. The van der Waals surface area contributed by atoms with Crippen molar-refractivity contribution in [1.29, 1.82) is 0 Å². The van der Waals surface area contributed by atoms with Gasteiger partial charge >= 0.3 is 0 Å². The highest BCUT2D eigenvalue weighted by atomic mass is 32.1. The molecule has 1 saturated heterocycles. The van der Waals surface area contributed by atoms with Gasteiger partial charge in [0.1, 0.15) is 16.5 Å². The lowest BCUT2D eigenvalue weighted by Crippen LogP contribution is -2.39. The quantitative estimate of drug-likeness (QED) is 0.876. The van der Waals surface area contributed by atoms with E-state index in [-0.39, 0.29) is 6.10 Å². The van der Waals surface area contributed by atoms with Crippen molar-refractivity contribution in [2.24, 2.45) is 0 Å². The van der Waals surface area contributed by atoms with Gasteiger partial charge in [-0.3, -0.25) is 0 Å². The monoisotopic (exact) mass is 289 g/mol. The van der Waals surface area contributed by atoms with Gasteiger partial charge in [-0.25, -0.2) is 9.97 Å². The van der Waals surface area contributed by atoms with Gasteiger partial charge in [-0.05, 0) is 44.6 Å². The van der Waals surface area contributed by atoms with Crippen LogP contribution >= 0.6 is 11.3 Å². The number of thiophene rings is 1.